The van der Waals surface area contributed by atoms with Gasteiger partial charge >= 0.3 is 0 Å². The molecular formula is C20H24. The van der Waals surface area contributed by atoms with E-state index in [1.54, 1.807) is 0 Å². The highest BCUT2D eigenvalue weighted by Crippen LogP contribution is 2.19. The monoisotopic (exact) mass is 264 g/mol. The molecule has 0 N–H and O–H groups in total. The highest BCUT2D eigenvalue weighted by Gasteiger charge is 2.00. The van der Waals surface area contributed by atoms with Gasteiger partial charge in [0.2, 0.25) is 0 Å². The third kappa shape index (κ3) is 3.39. The normalized spacial score (nSPS) is 11.2. The summed E-state index contributed by atoms with van der Waals surface area (Å²) in [6, 6.07) is 13.4. The number of hydrogen-bond acceptors (Lipinski definition) is 0. The van der Waals surface area contributed by atoms with Gasteiger partial charge in [0.1, 0.15) is 0 Å². The maximum absolute atomic E-state index is 2.29. The van der Waals surface area contributed by atoms with Gasteiger partial charge in [-0.1, -0.05) is 73.5 Å². The second-order valence-corrected chi connectivity index (χ2v) is 5.44. The first-order chi connectivity index (χ1) is 9.63. The van der Waals surface area contributed by atoms with E-state index in [2.05, 4.69) is 76.2 Å². The van der Waals surface area contributed by atoms with Crippen LogP contribution in [0.3, 0.4) is 0 Å². The quantitative estimate of drug-likeness (QED) is 0.631. The zero-order chi connectivity index (χ0) is 14.5. The molecule has 0 fully saturated rings. The number of benzene rings is 2. The summed E-state index contributed by atoms with van der Waals surface area (Å²) in [7, 11) is 0. The standard InChI is InChI=1S/C20H24/c1-5-17-13-15(3)7-9-19(17)11-12-20-10-8-16(4)14-18(20)6-2/h7-14H,5-6H2,1-4H3. The van der Waals surface area contributed by atoms with Crippen LogP contribution in [0.4, 0.5) is 0 Å². The zero-order valence-corrected chi connectivity index (χ0v) is 13.0. The Morgan fingerprint density at radius 1 is 0.700 bits per heavy atom. The van der Waals surface area contributed by atoms with Gasteiger partial charge in [0.05, 0.1) is 0 Å². The molecule has 0 amide bonds. The van der Waals surface area contributed by atoms with Crippen LogP contribution in [-0.2, 0) is 12.8 Å². The van der Waals surface area contributed by atoms with Gasteiger partial charge in [-0.25, -0.2) is 0 Å². The predicted molar refractivity (Wildman–Crippen MR) is 90.0 cm³/mol. The second-order valence-electron chi connectivity index (χ2n) is 5.44. The van der Waals surface area contributed by atoms with E-state index in [0.29, 0.717) is 0 Å². The molecule has 0 bridgehead atoms. The molecule has 0 spiro atoms. The first kappa shape index (κ1) is 14.6. The fraction of sp³-hybridized carbons (Fsp3) is 0.300. The van der Waals surface area contributed by atoms with Crippen LogP contribution in [-0.4, -0.2) is 0 Å². The lowest BCUT2D eigenvalue weighted by Gasteiger charge is -2.07. The van der Waals surface area contributed by atoms with E-state index in [4.69, 9.17) is 0 Å². The van der Waals surface area contributed by atoms with Crippen molar-refractivity contribution in [3.05, 3.63) is 69.8 Å². The summed E-state index contributed by atoms with van der Waals surface area (Å²) in [5.41, 5.74) is 8.19. The van der Waals surface area contributed by atoms with E-state index in [1.165, 1.54) is 33.4 Å². The Balaban J connectivity index is 2.34. The second kappa shape index (κ2) is 6.56. The van der Waals surface area contributed by atoms with E-state index in [-0.39, 0.29) is 0 Å². The molecule has 2 rings (SSSR count). The molecule has 0 aliphatic rings. The molecule has 2 aromatic rings. The lowest BCUT2D eigenvalue weighted by molar-refractivity contribution is 1.12. The Bertz CT molecular complexity index is 562. The lowest BCUT2D eigenvalue weighted by atomic mass is 9.98. The molecule has 0 aromatic heterocycles. The SMILES string of the molecule is CCc1cc(C)ccc1C=Cc1ccc(C)cc1CC. The van der Waals surface area contributed by atoms with E-state index in [0.717, 1.165) is 12.8 Å². The molecule has 0 nitrogen and oxygen atoms in total. The van der Waals surface area contributed by atoms with Crippen molar-refractivity contribution in [3.63, 3.8) is 0 Å². The third-order valence-corrected chi connectivity index (χ3v) is 3.80. The van der Waals surface area contributed by atoms with Crippen LogP contribution in [0.5, 0.6) is 0 Å². The third-order valence-electron chi connectivity index (χ3n) is 3.80. The maximum Gasteiger partial charge on any atom is -0.0224 e. The summed E-state index contributed by atoms with van der Waals surface area (Å²) in [6.07, 6.45) is 6.66. The molecule has 0 heteroatoms. The lowest BCUT2D eigenvalue weighted by Crippen LogP contribution is -1.89. The van der Waals surface area contributed by atoms with E-state index in [9.17, 15) is 0 Å². The van der Waals surface area contributed by atoms with Gasteiger partial charge in [0, 0.05) is 0 Å². The largest absolute Gasteiger partial charge is 0.0613 e. The fourth-order valence-corrected chi connectivity index (χ4v) is 2.59. The first-order valence-corrected chi connectivity index (χ1v) is 7.51. The van der Waals surface area contributed by atoms with Crippen molar-refractivity contribution in [2.75, 3.05) is 0 Å². The summed E-state index contributed by atoms with van der Waals surface area (Å²) in [6.45, 7) is 8.74. The van der Waals surface area contributed by atoms with E-state index < -0.39 is 0 Å². The van der Waals surface area contributed by atoms with E-state index in [1.807, 2.05) is 0 Å². The Labute approximate surface area is 123 Å². The van der Waals surface area contributed by atoms with Crippen LogP contribution in [0.15, 0.2) is 36.4 Å². The van der Waals surface area contributed by atoms with Crippen LogP contribution in [0.1, 0.15) is 47.2 Å². The number of rotatable bonds is 4. The highest BCUT2D eigenvalue weighted by atomic mass is 14.1. The number of aryl methyl sites for hydroxylation is 4. The minimum absolute atomic E-state index is 1.08. The average Bonchev–Trinajstić information content (AvgIpc) is 2.46. The topological polar surface area (TPSA) is 0 Å². The van der Waals surface area contributed by atoms with Crippen LogP contribution < -0.4 is 0 Å². The van der Waals surface area contributed by atoms with Gasteiger partial charge in [0.25, 0.3) is 0 Å². The summed E-state index contributed by atoms with van der Waals surface area (Å²) >= 11 is 0. The molecule has 0 radical (unpaired) electrons. The maximum atomic E-state index is 2.29. The minimum atomic E-state index is 1.08. The summed E-state index contributed by atoms with van der Waals surface area (Å²) < 4.78 is 0. The highest BCUT2D eigenvalue weighted by molar-refractivity contribution is 5.73. The van der Waals surface area contributed by atoms with Crippen molar-refractivity contribution in [3.8, 4) is 0 Å². The Morgan fingerprint density at radius 2 is 1.10 bits per heavy atom. The van der Waals surface area contributed by atoms with Gasteiger partial charge in [0.15, 0.2) is 0 Å². The van der Waals surface area contributed by atoms with Gasteiger partial charge in [-0.15, -0.1) is 0 Å². The Morgan fingerprint density at radius 3 is 1.45 bits per heavy atom. The van der Waals surface area contributed by atoms with Crippen LogP contribution in [0.25, 0.3) is 12.2 Å². The number of hydrogen-bond donors (Lipinski definition) is 0. The van der Waals surface area contributed by atoms with Crippen molar-refractivity contribution < 1.29 is 0 Å². The van der Waals surface area contributed by atoms with Gasteiger partial charge < -0.3 is 0 Å². The smallest absolute Gasteiger partial charge is 0.0224 e. The van der Waals surface area contributed by atoms with Crippen molar-refractivity contribution in [2.24, 2.45) is 0 Å². The Hall–Kier alpha value is -1.82. The van der Waals surface area contributed by atoms with E-state index >= 15 is 0 Å². The fourth-order valence-electron chi connectivity index (χ4n) is 2.59. The zero-order valence-electron chi connectivity index (χ0n) is 13.0. The molecule has 0 aliphatic heterocycles. The molecule has 104 valence electrons. The molecule has 0 saturated carbocycles. The van der Waals surface area contributed by atoms with Gasteiger partial charge in [-0.2, -0.15) is 0 Å². The molecule has 0 heterocycles. The van der Waals surface area contributed by atoms with Crippen LogP contribution in [0, 0.1) is 13.8 Å². The van der Waals surface area contributed by atoms with Crippen molar-refractivity contribution in [2.45, 2.75) is 40.5 Å². The summed E-state index contributed by atoms with van der Waals surface area (Å²) in [5.74, 6) is 0. The van der Waals surface area contributed by atoms with Crippen molar-refractivity contribution in [1.82, 2.24) is 0 Å². The first-order valence-electron chi connectivity index (χ1n) is 7.51. The molecule has 0 atom stereocenters. The van der Waals surface area contributed by atoms with Gasteiger partial charge in [-0.05, 0) is 48.9 Å². The van der Waals surface area contributed by atoms with Crippen molar-refractivity contribution >= 4 is 12.2 Å². The van der Waals surface area contributed by atoms with Crippen LogP contribution >= 0.6 is 0 Å². The molecule has 0 aliphatic carbocycles. The minimum Gasteiger partial charge on any atom is -0.0613 e. The van der Waals surface area contributed by atoms with Gasteiger partial charge in [-0.3, -0.25) is 0 Å². The predicted octanol–water partition coefficient (Wildman–Crippen LogP) is 5.60. The molecule has 2 aromatic carbocycles. The Kier molecular flexibility index (Phi) is 4.79. The van der Waals surface area contributed by atoms with Crippen LogP contribution in [0.2, 0.25) is 0 Å². The molecule has 0 saturated heterocycles. The summed E-state index contributed by atoms with van der Waals surface area (Å²) in [4.78, 5) is 0. The molecule has 0 unspecified atom stereocenters. The molecular weight excluding hydrogens is 240 g/mol. The summed E-state index contributed by atoms with van der Waals surface area (Å²) in [5, 5.41) is 0. The average molecular weight is 264 g/mol. The van der Waals surface area contributed by atoms with Crippen molar-refractivity contribution in [1.29, 1.82) is 0 Å². The molecule has 20 heavy (non-hydrogen) atoms.